The third-order valence-electron chi connectivity index (χ3n) is 3.69. The average molecular weight is 250 g/mol. The van der Waals surface area contributed by atoms with Crippen LogP contribution in [0.2, 0.25) is 0 Å². The minimum atomic E-state index is 0.517. The summed E-state index contributed by atoms with van der Waals surface area (Å²) >= 11 is 1.80. The molecule has 1 aromatic rings. The zero-order valence-corrected chi connectivity index (χ0v) is 11.8. The van der Waals surface area contributed by atoms with Crippen molar-refractivity contribution in [1.82, 2.24) is 10.2 Å². The molecule has 1 saturated heterocycles. The van der Waals surface area contributed by atoms with E-state index in [4.69, 9.17) is 0 Å². The van der Waals surface area contributed by atoms with Gasteiger partial charge in [0.15, 0.2) is 0 Å². The molecule has 0 aromatic heterocycles. The summed E-state index contributed by atoms with van der Waals surface area (Å²) in [4.78, 5) is 3.93. The van der Waals surface area contributed by atoms with Crippen LogP contribution in [0.3, 0.4) is 0 Å². The van der Waals surface area contributed by atoms with Crippen LogP contribution in [0.5, 0.6) is 0 Å². The second-order valence-corrected chi connectivity index (χ2v) is 5.47. The van der Waals surface area contributed by atoms with Crippen LogP contribution in [-0.4, -0.2) is 36.8 Å². The fourth-order valence-corrected chi connectivity index (χ4v) is 2.84. The number of nitrogens with one attached hydrogen (secondary N) is 1. The van der Waals surface area contributed by atoms with Gasteiger partial charge in [0.25, 0.3) is 0 Å². The SMILES string of the molecule is CCN(C1CNC1)C(C)c1ccc(SC)cc1. The molecule has 1 fully saturated rings. The molecule has 1 unspecified atom stereocenters. The van der Waals surface area contributed by atoms with Gasteiger partial charge in [-0.3, -0.25) is 4.90 Å². The number of hydrogen-bond acceptors (Lipinski definition) is 3. The Morgan fingerprint density at radius 3 is 2.41 bits per heavy atom. The lowest BCUT2D eigenvalue weighted by Crippen LogP contribution is -2.57. The van der Waals surface area contributed by atoms with Gasteiger partial charge in [-0.2, -0.15) is 0 Å². The van der Waals surface area contributed by atoms with E-state index in [-0.39, 0.29) is 0 Å². The molecule has 1 aliphatic rings. The molecule has 1 aliphatic heterocycles. The Bertz CT molecular complexity index is 346. The van der Waals surface area contributed by atoms with E-state index in [0.29, 0.717) is 6.04 Å². The second-order valence-electron chi connectivity index (χ2n) is 4.59. The maximum Gasteiger partial charge on any atom is 0.0351 e. The van der Waals surface area contributed by atoms with Gasteiger partial charge in [-0.05, 0) is 37.4 Å². The third-order valence-corrected chi connectivity index (χ3v) is 4.43. The van der Waals surface area contributed by atoms with Crippen molar-refractivity contribution >= 4 is 11.8 Å². The Kier molecular flexibility index (Phi) is 4.48. The lowest BCUT2D eigenvalue weighted by molar-refractivity contribution is 0.110. The molecule has 0 aliphatic carbocycles. The van der Waals surface area contributed by atoms with Gasteiger partial charge in [0.1, 0.15) is 0 Å². The van der Waals surface area contributed by atoms with Crippen LogP contribution in [0, 0.1) is 0 Å². The zero-order valence-electron chi connectivity index (χ0n) is 10.9. The molecule has 0 amide bonds. The van der Waals surface area contributed by atoms with Crippen molar-refractivity contribution in [3.05, 3.63) is 29.8 Å². The second kappa shape index (κ2) is 5.89. The molecule has 1 aromatic carbocycles. The molecule has 2 rings (SSSR count). The summed E-state index contributed by atoms with van der Waals surface area (Å²) < 4.78 is 0. The maximum absolute atomic E-state index is 3.36. The van der Waals surface area contributed by atoms with Crippen molar-refractivity contribution in [1.29, 1.82) is 0 Å². The summed E-state index contributed by atoms with van der Waals surface area (Å²) in [6.45, 7) is 7.97. The van der Waals surface area contributed by atoms with E-state index in [1.165, 1.54) is 10.5 Å². The highest BCUT2D eigenvalue weighted by molar-refractivity contribution is 7.98. The van der Waals surface area contributed by atoms with Gasteiger partial charge in [0.05, 0.1) is 0 Å². The molecule has 94 valence electrons. The van der Waals surface area contributed by atoms with Crippen molar-refractivity contribution < 1.29 is 0 Å². The summed E-state index contributed by atoms with van der Waals surface area (Å²) in [5.74, 6) is 0. The van der Waals surface area contributed by atoms with E-state index >= 15 is 0 Å². The van der Waals surface area contributed by atoms with Crippen LogP contribution in [0.25, 0.3) is 0 Å². The summed E-state index contributed by atoms with van der Waals surface area (Å²) in [6, 6.07) is 10.2. The molecule has 17 heavy (non-hydrogen) atoms. The van der Waals surface area contributed by atoms with Gasteiger partial charge in [-0.25, -0.2) is 0 Å². The molecule has 0 radical (unpaired) electrons. The summed E-state index contributed by atoms with van der Waals surface area (Å²) in [5, 5.41) is 3.36. The molecular weight excluding hydrogens is 228 g/mol. The minimum Gasteiger partial charge on any atom is -0.314 e. The van der Waals surface area contributed by atoms with Crippen LogP contribution in [0.4, 0.5) is 0 Å². The summed E-state index contributed by atoms with van der Waals surface area (Å²) in [5.41, 5.74) is 1.43. The fourth-order valence-electron chi connectivity index (χ4n) is 2.43. The van der Waals surface area contributed by atoms with E-state index in [0.717, 1.165) is 25.7 Å². The molecule has 0 bridgehead atoms. The highest BCUT2D eigenvalue weighted by Crippen LogP contribution is 2.25. The van der Waals surface area contributed by atoms with Gasteiger partial charge in [0.2, 0.25) is 0 Å². The van der Waals surface area contributed by atoms with Gasteiger partial charge >= 0.3 is 0 Å². The number of thioether (sulfide) groups is 1. The Labute approximate surface area is 109 Å². The highest BCUT2D eigenvalue weighted by Gasteiger charge is 2.27. The molecule has 1 N–H and O–H groups in total. The van der Waals surface area contributed by atoms with Gasteiger partial charge < -0.3 is 5.32 Å². The Hall–Kier alpha value is -0.510. The Morgan fingerprint density at radius 1 is 1.35 bits per heavy atom. The van der Waals surface area contributed by atoms with Gasteiger partial charge in [-0.1, -0.05) is 19.1 Å². The smallest absolute Gasteiger partial charge is 0.0351 e. The van der Waals surface area contributed by atoms with Gasteiger partial charge in [0, 0.05) is 30.1 Å². The zero-order chi connectivity index (χ0) is 12.3. The van der Waals surface area contributed by atoms with E-state index in [2.05, 4.69) is 54.6 Å². The number of likely N-dealkylation sites (N-methyl/N-ethyl adjacent to an activating group) is 1. The Morgan fingerprint density at radius 2 is 2.00 bits per heavy atom. The fraction of sp³-hybridized carbons (Fsp3) is 0.571. The standard InChI is InChI=1S/C14H22N2S/c1-4-16(13-9-15-10-13)11(2)12-5-7-14(17-3)8-6-12/h5-8,11,13,15H,4,9-10H2,1-3H3. The molecule has 1 heterocycles. The molecule has 0 saturated carbocycles. The molecular formula is C14H22N2S. The van der Waals surface area contributed by atoms with Crippen LogP contribution >= 0.6 is 11.8 Å². The number of rotatable bonds is 5. The van der Waals surface area contributed by atoms with Crippen molar-refractivity contribution in [2.45, 2.75) is 30.8 Å². The van der Waals surface area contributed by atoms with Crippen LogP contribution in [0.1, 0.15) is 25.5 Å². The van der Waals surface area contributed by atoms with Crippen LogP contribution in [0.15, 0.2) is 29.2 Å². The quantitative estimate of drug-likeness (QED) is 0.809. The van der Waals surface area contributed by atoms with Crippen LogP contribution < -0.4 is 5.32 Å². The topological polar surface area (TPSA) is 15.3 Å². The van der Waals surface area contributed by atoms with Crippen molar-refractivity contribution in [3.8, 4) is 0 Å². The first kappa shape index (κ1) is 12.9. The van der Waals surface area contributed by atoms with Gasteiger partial charge in [-0.15, -0.1) is 11.8 Å². The Balaban J connectivity index is 2.07. The largest absolute Gasteiger partial charge is 0.314 e. The lowest BCUT2D eigenvalue weighted by Gasteiger charge is -2.41. The summed E-state index contributed by atoms with van der Waals surface area (Å²) in [7, 11) is 0. The molecule has 2 nitrogen and oxygen atoms in total. The van der Waals surface area contributed by atoms with Crippen LogP contribution in [-0.2, 0) is 0 Å². The summed E-state index contributed by atoms with van der Waals surface area (Å²) in [6.07, 6.45) is 2.12. The minimum absolute atomic E-state index is 0.517. The van der Waals surface area contributed by atoms with E-state index < -0.39 is 0 Å². The number of hydrogen-bond donors (Lipinski definition) is 1. The number of benzene rings is 1. The maximum atomic E-state index is 3.36. The third kappa shape index (κ3) is 2.84. The predicted octanol–water partition coefficient (Wildman–Crippen LogP) is 2.76. The first-order chi connectivity index (χ1) is 8.26. The predicted molar refractivity (Wildman–Crippen MR) is 75.7 cm³/mol. The van der Waals surface area contributed by atoms with Crippen molar-refractivity contribution in [2.75, 3.05) is 25.9 Å². The van der Waals surface area contributed by atoms with E-state index in [9.17, 15) is 0 Å². The molecule has 0 spiro atoms. The monoisotopic (exact) mass is 250 g/mol. The first-order valence-electron chi connectivity index (χ1n) is 6.36. The lowest BCUT2D eigenvalue weighted by atomic mass is 10.0. The van der Waals surface area contributed by atoms with Crippen molar-refractivity contribution in [3.63, 3.8) is 0 Å². The molecule has 3 heteroatoms. The molecule has 1 atom stereocenters. The van der Waals surface area contributed by atoms with E-state index in [1.807, 2.05) is 0 Å². The van der Waals surface area contributed by atoms with Crippen molar-refractivity contribution in [2.24, 2.45) is 0 Å². The van der Waals surface area contributed by atoms with E-state index in [1.54, 1.807) is 11.8 Å². The number of nitrogens with zero attached hydrogens (tertiary/aromatic N) is 1. The first-order valence-corrected chi connectivity index (χ1v) is 7.59. The highest BCUT2D eigenvalue weighted by atomic mass is 32.2. The average Bonchev–Trinajstić information content (AvgIpc) is 2.32. The normalized spacial score (nSPS) is 18.1.